The predicted octanol–water partition coefficient (Wildman–Crippen LogP) is 3.50. The summed E-state index contributed by atoms with van der Waals surface area (Å²) in [5, 5.41) is 0. The van der Waals surface area contributed by atoms with Gasteiger partial charge in [0, 0.05) is 12.3 Å². The highest BCUT2D eigenvalue weighted by Gasteiger charge is 1.98. The van der Waals surface area contributed by atoms with Gasteiger partial charge in [-0.1, -0.05) is 26.2 Å². The molecule has 2 N–H and O–H groups in total. The van der Waals surface area contributed by atoms with Crippen molar-refractivity contribution in [1.29, 1.82) is 0 Å². The largest absolute Gasteiger partial charge is 0.399 e. The number of unbranched alkanes of at least 4 members (excludes halogenated alkanes) is 3. The van der Waals surface area contributed by atoms with Crippen LogP contribution in [-0.4, -0.2) is 6.61 Å². The van der Waals surface area contributed by atoms with Gasteiger partial charge in [0.05, 0.1) is 6.61 Å². The summed E-state index contributed by atoms with van der Waals surface area (Å²) >= 11 is 0. The van der Waals surface area contributed by atoms with Gasteiger partial charge < -0.3 is 10.5 Å². The molecule has 1 aromatic rings. The van der Waals surface area contributed by atoms with E-state index in [2.05, 4.69) is 6.92 Å². The zero-order chi connectivity index (χ0) is 11.8. The number of nitrogen functional groups attached to an aromatic ring is 1. The molecular formula is C13H20FNO. The number of benzene rings is 1. The second-order valence-electron chi connectivity index (χ2n) is 4.01. The van der Waals surface area contributed by atoms with E-state index in [4.69, 9.17) is 10.5 Å². The van der Waals surface area contributed by atoms with Gasteiger partial charge in [-0.15, -0.1) is 0 Å². The highest BCUT2D eigenvalue weighted by molar-refractivity contribution is 5.41. The predicted molar refractivity (Wildman–Crippen MR) is 64.6 cm³/mol. The molecule has 1 aromatic carbocycles. The van der Waals surface area contributed by atoms with Crippen molar-refractivity contribution in [2.45, 2.75) is 39.2 Å². The Bertz CT molecular complexity index is 295. The first-order valence-corrected chi connectivity index (χ1v) is 5.85. The Labute approximate surface area is 96.6 Å². The first kappa shape index (κ1) is 13.0. The molecule has 0 heterocycles. The molecule has 0 fully saturated rings. The minimum atomic E-state index is -0.301. The van der Waals surface area contributed by atoms with E-state index in [-0.39, 0.29) is 5.82 Å². The average Bonchev–Trinajstić information content (AvgIpc) is 2.22. The second kappa shape index (κ2) is 7.23. The summed E-state index contributed by atoms with van der Waals surface area (Å²) in [5.41, 5.74) is 6.78. The Balaban J connectivity index is 2.21. The zero-order valence-corrected chi connectivity index (χ0v) is 9.84. The fourth-order valence-electron chi connectivity index (χ4n) is 1.58. The fraction of sp³-hybridized carbons (Fsp3) is 0.538. The van der Waals surface area contributed by atoms with Crippen LogP contribution in [0.15, 0.2) is 18.2 Å². The maximum absolute atomic E-state index is 13.0. The van der Waals surface area contributed by atoms with Crippen molar-refractivity contribution in [1.82, 2.24) is 0 Å². The molecule has 0 saturated heterocycles. The van der Waals surface area contributed by atoms with Crippen LogP contribution < -0.4 is 5.73 Å². The Kier molecular flexibility index (Phi) is 5.86. The monoisotopic (exact) mass is 225 g/mol. The molecule has 0 aliphatic rings. The molecule has 2 nitrogen and oxygen atoms in total. The summed E-state index contributed by atoms with van der Waals surface area (Å²) in [6.45, 7) is 3.35. The number of ether oxygens (including phenoxy) is 1. The van der Waals surface area contributed by atoms with Crippen molar-refractivity contribution in [2.75, 3.05) is 12.3 Å². The van der Waals surface area contributed by atoms with Crippen LogP contribution in [0.25, 0.3) is 0 Å². The molecule has 0 bridgehead atoms. The number of rotatable bonds is 7. The van der Waals surface area contributed by atoms with Crippen LogP contribution in [0.1, 0.15) is 38.2 Å². The standard InChI is InChI=1S/C13H20FNO/c1-2-3-4-5-6-16-10-11-7-12(14)9-13(15)8-11/h7-9H,2-6,10,15H2,1H3. The molecule has 0 spiro atoms. The molecule has 0 aromatic heterocycles. The van der Waals surface area contributed by atoms with Gasteiger partial charge in [0.15, 0.2) is 0 Å². The molecule has 0 atom stereocenters. The van der Waals surface area contributed by atoms with Crippen molar-refractivity contribution in [3.63, 3.8) is 0 Å². The van der Waals surface area contributed by atoms with Crippen LogP contribution >= 0.6 is 0 Å². The molecule has 90 valence electrons. The number of halogens is 1. The third-order valence-corrected chi connectivity index (χ3v) is 2.39. The summed E-state index contributed by atoms with van der Waals surface area (Å²) in [5.74, 6) is -0.301. The highest BCUT2D eigenvalue weighted by atomic mass is 19.1. The topological polar surface area (TPSA) is 35.2 Å². The Morgan fingerprint density at radius 1 is 1.19 bits per heavy atom. The summed E-state index contributed by atoms with van der Waals surface area (Å²) in [7, 11) is 0. The van der Waals surface area contributed by atoms with Gasteiger partial charge in [-0.25, -0.2) is 4.39 Å². The molecule has 16 heavy (non-hydrogen) atoms. The molecule has 0 unspecified atom stereocenters. The van der Waals surface area contributed by atoms with Crippen molar-refractivity contribution in [2.24, 2.45) is 0 Å². The van der Waals surface area contributed by atoms with Crippen LogP contribution in [0.4, 0.5) is 10.1 Å². The van der Waals surface area contributed by atoms with Gasteiger partial charge in [-0.05, 0) is 30.2 Å². The normalized spacial score (nSPS) is 10.6. The van der Waals surface area contributed by atoms with Crippen LogP contribution in [0.2, 0.25) is 0 Å². The van der Waals surface area contributed by atoms with Crippen molar-refractivity contribution in [3.05, 3.63) is 29.6 Å². The molecule has 0 aliphatic heterocycles. The van der Waals surface area contributed by atoms with E-state index < -0.39 is 0 Å². The van der Waals surface area contributed by atoms with E-state index in [1.807, 2.05) is 0 Å². The SMILES string of the molecule is CCCCCCOCc1cc(N)cc(F)c1. The molecular weight excluding hydrogens is 205 g/mol. The summed E-state index contributed by atoms with van der Waals surface area (Å²) < 4.78 is 18.4. The van der Waals surface area contributed by atoms with Gasteiger partial charge in [-0.3, -0.25) is 0 Å². The zero-order valence-electron chi connectivity index (χ0n) is 9.84. The number of nitrogens with two attached hydrogens (primary N) is 1. The van der Waals surface area contributed by atoms with Crippen LogP contribution in [0.3, 0.4) is 0 Å². The average molecular weight is 225 g/mol. The van der Waals surface area contributed by atoms with Gasteiger partial charge in [0.25, 0.3) is 0 Å². The van der Waals surface area contributed by atoms with Gasteiger partial charge in [0.1, 0.15) is 5.82 Å². The van der Waals surface area contributed by atoms with Crippen molar-refractivity contribution in [3.8, 4) is 0 Å². The Morgan fingerprint density at radius 2 is 2.00 bits per heavy atom. The smallest absolute Gasteiger partial charge is 0.125 e. The maximum atomic E-state index is 13.0. The molecule has 3 heteroatoms. The summed E-state index contributed by atoms with van der Waals surface area (Å²) in [4.78, 5) is 0. The first-order chi connectivity index (χ1) is 7.72. The minimum absolute atomic E-state index is 0.301. The minimum Gasteiger partial charge on any atom is -0.399 e. The summed E-state index contributed by atoms with van der Waals surface area (Å²) in [6, 6.07) is 4.52. The Hall–Kier alpha value is -1.09. The van der Waals surface area contributed by atoms with Crippen LogP contribution in [-0.2, 0) is 11.3 Å². The van der Waals surface area contributed by atoms with E-state index in [9.17, 15) is 4.39 Å². The highest BCUT2D eigenvalue weighted by Crippen LogP contribution is 2.12. The van der Waals surface area contributed by atoms with E-state index in [1.165, 1.54) is 31.4 Å². The van der Waals surface area contributed by atoms with E-state index >= 15 is 0 Å². The number of hydrogen-bond acceptors (Lipinski definition) is 2. The lowest BCUT2D eigenvalue weighted by Gasteiger charge is -2.05. The third-order valence-electron chi connectivity index (χ3n) is 2.39. The quantitative estimate of drug-likeness (QED) is 0.569. The fourth-order valence-corrected chi connectivity index (χ4v) is 1.58. The first-order valence-electron chi connectivity index (χ1n) is 5.85. The maximum Gasteiger partial charge on any atom is 0.125 e. The molecule has 0 aliphatic carbocycles. The van der Waals surface area contributed by atoms with Gasteiger partial charge in [-0.2, -0.15) is 0 Å². The Morgan fingerprint density at radius 3 is 2.69 bits per heavy atom. The van der Waals surface area contributed by atoms with E-state index in [0.717, 1.165) is 18.6 Å². The van der Waals surface area contributed by atoms with Crippen molar-refractivity contribution < 1.29 is 9.13 Å². The van der Waals surface area contributed by atoms with Gasteiger partial charge in [0.2, 0.25) is 0 Å². The molecule has 0 amide bonds. The lowest BCUT2D eigenvalue weighted by atomic mass is 10.2. The van der Waals surface area contributed by atoms with Crippen molar-refractivity contribution >= 4 is 5.69 Å². The molecule has 1 rings (SSSR count). The van der Waals surface area contributed by atoms with Gasteiger partial charge >= 0.3 is 0 Å². The lowest BCUT2D eigenvalue weighted by molar-refractivity contribution is 0.116. The molecule has 0 saturated carbocycles. The number of anilines is 1. The second-order valence-corrected chi connectivity index (χ2v) is 4.01. The molecule has 0 radical (unpaired) electrons. The van der Waals surface area contributed by atoms with E-state index in [1.54, 1.807) is 6.07 Å². The van der Waals surface area contributed by atoms with Crippen LogP contribution in [0, 0.1) is 5.82 Å². The van der Waals surface area contributed by atoms with E-state index in [0.29, 0.717) is 12.3 Å². The third kappa shape index (κ3) is 5.12. The number of hydrogen-bond donors (Lipinski definition) is 1. The lowest BCUT2D eigenvalue weighted by Crippen LogP contribution is -1.97. The summed E-state index contributed by atoms with van der Waals surface area (Å²) in [6.07, 6.45) is 4.73. The van der Waals surface area contributed by atoms with Crippen LogP contribution in [0.5, 0.6) is 0 Å².